The van der Waals surface area contributed by atoms with Crippen molar-refractivity contribution < 1.29 is 13.6 Å². The van der Waals surface area contributed by atoms with E-state index in [1.165, 1.54) is 11.2 Å². The van der Waals surface area contributed by atoms with Gasteiger partial charge in [0.25, 0.3) is 10.2 Å². The van der Waals surface area contributed by atoms with E-state index in [0.717, 1.165) is 0 Å². The zero-order chi connectivity index (χ0) is 12.1. The van der Waals surface area contributed by atoms with Crippen LogP contribution in [0.5, 0.6) is 0 Å². The summed E-state index contributed by atoms with van der Waals surface area (Å²) in [6, 6.07) is -0.736. The van der Waals surface area contributed by atoms with Crippen molar-refractivity contribution in [3.63, 3.8) is 0 Å². The van der Waals surface area contributed by atoms with E-state index in [2.05, 4.69) is 9.88 Å². The second-order valence-corrected chi connectivity index (χ2v) is 4.66. The summed E-state index contributed by atoms with van der Waals surface area (Å²) in [5.41, 5.74) is 5.26. The van der Waals surface area contributed by atoms with Crippen molar-refractivity contribution in [1.29, 1.82) is 0 Å². The monoisotopic (exact) mass is 238 g/mol. The average molecular weight is 238 g/mol. The lowest BCUT2D eigenvalue weighted by atomic mass is 10.3. The van der Waals surface area contributed by atoms with Crippen LogP contribution in [0.1, 0.15) is 20.8 Å². The molecule has 0 aliphatic heterocycles. The Hall–Kier alpha value is -0.860. The molecule has 90 valence electrons. The quantitative estimate of drug-likeness (QED) is 0.246. The van der Waals surface area contributed by atoms with Gasteiger partial charge in [0.1, 0.15) is 0 Å². The SMILES string of the molecule is CCN(CC)S(=O)(=O)NC(C)/C(N)=N/O. The molecule has 1 atom stereocenters. The third-order valence-corrected chi connectivity index (χ3v) is 3.78. The normalized spacial score (nSPS) is 15.6. The fourth-order valence-corrected chi connectivity index (χ4v) is 2.40. The Balaban J connectivity index is 4.64. The lowest BCUT2D eigenvalue weighted by Gasteiger charge is -2.21. The van der Waals surface area contributed by atoms with Crippen molar-refractivity contribution in [3.8, 4) is 0 Å². The second kappa shape index (κ2) is 5.89. The minimum atomic E-state index is -3.57. The van der Waals surface area contributed by atoms with Crippen LogP contribution in [0.15, 0.2) is 5.16 Å². The molecule has 8 heteroatoms. The van der Waals surface area contributed by atoms with Gasteiger partial charge >= 0.3 is 0 Å². The third kappa shape index (κ3) is 4.02. The molecule has 0 saturated heterocycles. The summed E-state index contributed by atoms with van der Waals surface area (Å²) in [7, 11) is -3.57. The molecule has 4 N–H and O–H groups in total. The Morgan fingerprint density at radius 1 is 1.53 bits per heavy atom. The number of rotatable bonds is 6. The van der Waals surface area contributed by atoms with E-state index in [0.29, 0.717) is 13.1 Å². The van der Waals surface area contributed by atoms with Gasteiger partial charge in [-0.05, 0) is 6.92 Å². The molecular formula is C7H18N4O3S. The molecule has 0 heterocycles. The molecule has 0 aromatic carbocycles. The molecule has 0 aromatic heterocycles. The van der Waals surface area contributed by atoms with Gasteiger partial charge in [-0.1, -0.05) is 19.0 Å². The van der Waals surface area contributed by atoms with Crippen molar-refractivity contribution in [2.24, 2.45) is 10.9 Å². The largest absolute Gasteiger partial charge is 0.409 e. The lowest BCUT2D eigenvalue weighted by Crippen LogP contribution is -2.48. The minimum Gasteiger partial charge on any atom is -0.409 e. The lowest BCUT2D eigenvalue weighted by molar-refractivity contribution is 0.315. The van der Waals surface area contributed by atoms with Crippen LogP contribution < -0.4 is 10.5 Å². The Bertz CT molecular complexity index is 310. The van der Waals surface area contributed by atoms with Gasteiger partial charge in [-0.15, -0.1) is 0 Å². The first-order valence-electron chi connectivity index (χ1n) is 4.63. The van der Waals surface area contributed by atoms with Crippen LogP contribution in [0, 0.1) is 0 Å². The zero-order valence-electron chi connectivity index (χ0n) is 9.14. The Morgan fingerprint density at radius 2 is 2.00 bits per heavy atom. The number of nitrogens with one attached hydrogen (secondary N) is 1. The number of amidine groups is 1. The van der Waals surface area contributed by atoms with Crippen molar-refractivity contribution in [3.05, 3.63) is 0 Å². The van der Waals surface area contributed by atoms with Crippen LogP contribution >= 0.6 is 0 Å². The molecule has 0 saturated carbocycles. The van der Waals surface area contributed by atoms with Crippen LogP contribution in [0.2, 0.25) is 0 Å². The Kier molecular flexibility index (Phi) is 5.55. The van der Waals surface area contributed by atoms with Crippen molar-refractivity contribution in [2.75, 3.05) is 13.1 Å². The van der Waals surface area contributed by atoms with E-state index in [9.17, 15) is 8.42 Å². The molecule has 0 spiro atoms. The van der Waals surface area contributed by atoms with Gasteiger partial charge in [0.15, 0.2) is 5.84 Å². The van der Waals surface area contributed by atoms with Gasteiger partial charge < -0.3 is 10.9 Å². The predicted octanol–water partition coefficient (Wildman–Crippen LogP) is -0.702. The van der Waals surface area contributed by atoms with Crippen LogP contribution in [0.4, 0.5) is 0 Å². The minimum absolute atomic E-state index is 0.175. The molecule has 15 heavy (non-hydrogen) atoms. The van der Waals surface area contributed by atoms with Crippen LogP contribution in [-0.4, -0.2) is 42.9 Å². The van der Waals surface area contributed by atoms with Gasteiger partial charge in [0, 0.05) is 13.1 Å². The molecule has 0 aliphatic carbocycles. The zero-order valence-corrected chi connectivity index (χ0v) is 9.95. The molecule has 0 aliphatic rings. The number of hydrogen-bond donors (Lipinski definition) is 3. The smallest absolute Gasteiger partial charge is 0.280 e. The molecule has 0 radical (unpaired) electrons. The molecule has 0 bridgehead atoms. The molecule has 1 unspecified atom stereocenters. The summed E-state index contributed by atoms with van der Waals surface area (Å²) in [5.74, 6) is -0.175. The van der Waals surface area contributed by atoms with Crippen molar-refractivity contribution >= 4 is 16.0 Å². The molecule has 0 rings (SSSR count). The topological polar surface area (TPSA) is 108 Å². The van der Waals surface area contributed by atoms with Gasteiger partial charge in [0.2, 0.25) is 0 Å². The Morgan fingerprint density at radius 3 is 2.33 bits per heavy atom. The van der Waals surface area contributed by atoms with Gasteiger partial charge in [-0.3, -0.25) is 0 Å². The standard InChI is InChI=1S/C7H18N4O3S/c1-4-11(5-2)15(13,14)10-6(3)7(8)9-12/h6,10,12H,4-5H2,1-3H3,(H2,8,9). The predicted molar refractivity (Wildman–Crippen MR) is 57.8 cm³/mol. The summed E-state index contributed by atoms with van der Waals surface area (Å²) in [6.07, 6.45) is 0. The fraction of sp³-hybridized carbons (Fsp3) is 0.857. The fourth-order valence-electron chi connectivity index (χ4n) is 1.01. The summed E-state index contributed by atoms with van der Waals surface area (Å²) >= 11 is 0. The van der Waals surface area contributed by atoms with Crippen LogP contribution in [0.3, 0.4) is 0 Å². The maximum Gasteiger partial charge on any atom is 0.280 e. The van der Waals surface area contributed by atoms with E-state index < -0.39 is 16.3 Å². The number of hydrogen-bond acceptors (Lipinski definition) is 4. The first-order valence-corrected chi connectivity index (χ1v) is 6.07. The third-order valence-electron chi connectivity index (χ3n) is 1.93. The Labute approximate surface area is 90.1 Å². The van der Waals surface area contributed by atoms with Crippen LogP contribution in [-0.2, 0) is 10.2 Å². The maximum absolute atomic E-state index is 11.6. The highest BCUT2D eigenvalue weighted by Crippen LogP contribution is 1.98. The first-order chi connectivity index (χ1) is 6.88. The van der Waals surface area contributed by atoms with Gasteiger partial charge in [-0.25, -0.2) is 0 Å². The summed E-state index contributed by atoms with van der Waals surface area (Å²) in [6.45, 7) is 5.70. The number of oxime groups is 1. The average Bonchev–Trinajstić information content (AvgIpc) is 2.17. The van der Waals surface area contributed by atoms with E-state index in [1.54, 1.807) is 13.8 Å². The van der Waals surface area contributed by atoms with Gasteiger partial charge in [0.05, 0.1) is 6.04 Å². The molecule has 0 amide bonds. The van der Waals surface area contributed by atoms with Crippen molar-refractivity contribution in [2.45, 2.75) is 26.8 Å². The maximum atomic E-state index is 11.6. The molecule has 7 nitrogen and oxygen atoms in total. The highest BCUT2D eigenvalue weighted by atomic mass is 32.2. The number of nitrogens with zero attached hydrogens (tertiary/aromatic N) is 2. The highest BCUT2D eigenvalue weighted by Gasteiger charge is 2.22. The van der Waals surface area contributed by atoms with Crippen molar-refractivity contribution in [1.82, 2.24) is 9.03 Å². The van der Waals surface area contributed by atoms with E-state index in [1.807, 2.05) is 0 Å². The summed E-state index contributed by atoms with van der Waals surface area (Å²) in [4.78, 5) is 0. The molecule has 0 aromatic rings. The van der Waals surface area contributed by atoms with E-state index >= 15 is 0 Å². The van der Waals surface area contributed by atoms with Crippen LogP contribution in [0.25, 0.3) is 0 Å². The van der Waals surface area contributed by atoms with E-state index in [4.69, 9.17) is 10.9 Å². The summed E-state index contributed by atoms with van der Waals surface area (Å²) < 4.78 is 26.8. The van der Waals surface area contributed by atoms with Gasteiger partial charge in [-0.2, -0.15) is 17.4 Å². The first kappa shape index (κ1) is 14.1. The summed E-state index contributed by atoms with van der Waals surface area (Å²) in [5, 5.41) is 11.1. The number of nitrogens with two attached hydrogens (primary N) is 1. The molecule has 0 fully saturated rings. The van der Waals surface area contributed by atoms with E-state index in [-0.39, 0.29) is 5.84 Å². The second-order valence-electron chi connectivity index (χ2n) is 2.95. The molecular weight excluding hydrogens is 220 g/mol. The highest BCUT2D eigenvalue weighted by molar-refractivity contribution is 7.87.